The van der Waals surface area contributed by atoms with E-state index in [4.69, 9.17) is 10.00 Å². The van der Waals surface area contributed by atoms with Crippen molar-refractivity contribution in [1.29, 1.82) is 5.26 Å². The van der Waals surface area contributed by atoms with E-state index in [0.717, 1.165) is 36.6 Å². The molecule has 0 fully saturated rings. The summed E-state index contributed by atoms with van der Waals surface area (Å²) in [6.07, 6.45) is 1.47. The molecule has 0 amide bonds. The fourth-order valence-electron chi connectivity index (χ4n) is 2.39. The van der Waals surface area contributed by atoms with Crippen LogP contribution in [0.5, 0.6) is 5.75 Å². The maximum Gasteiger partial charge on any atom is 0.122 e. The van der Waals surface area contributed by atoms with Crippen LogP contribution in [0.4, 0.5) is 5.69 Å². The molecule has 3 rings (SSSR count). The molecule has 1 aliphatic heterocycles. The number of nitriles is 1. The highest BCUT2D eigenvalue weighted by atomic mass is 16.5. The van der Waals surface area contributed by atoms with E-state index in [0.29, 0.717) is 6.42 Å². The molecule has 0 radical (unpaired) electrons. The average Bonchev–Trinajstić information content (AvgIpc) is 2.94. The Bertz CT molecular complexity index is 641. The molecule has 0 aliphatic carbocycles. The van der Waals surface area contributed by atoms with Crippen LogP contribution < -0.4 is 10.1 Å². The first kappa shape index (κ1) is 12.6. The van der Waals surface area contributed by atoms with Crippen LogP contribution in [-0.2, 0) is 19.4 Å². The van der Waals surface area contributed by atoms with Gasteiger partial charge in [-0.25, -0.2) is 0 Å². The lowest BCUT2D eigenvalue weighted by Crippen LogP contribution is -1.99. The van der Waals surface area contributed by atoms with Crippen LogP contribution in [-0.4, -0.2) is 6.61 Å². The maximum absolute atomic E-state index is 8.64. The normalized spacial score (nSPS) is 12.3. The Morgan fingerprint density at radius 3 is 2.70 bits per heavy atom. The van der Waals surface area contributed by atoms with Crippen molar-refractivity contribution >= 4 is 5.69 Å². The highest BCUT2D eigenvalue weighted by molar-refractivity contribution is 5.46. The maximum atomic E-state index is 8.64. The van der Waals surface area contributed by atoms with Gasteiger partial charge in [-0.05, 0) is 34.9 Å². The molecule has 0 bridgehead atoms. The van der Waals surface area contributed by atoms with Crippen molar-refractivity contribution in [3.05, 3.63) is 59.2 Å². The quantitative estimate of drug-likeness (QED) is 0.921. The molecule has 3 heteroatoms. The second-order valence-corrected chi connectivity index (χ2v) is 4.93. The van der Waals surface area contributed by atoms with Crippen molar-refractivity contribution in [1.82, 2.24) is 0 Å². The highest BCUT2D eigenvalue weighted by Gasteiger charge is 2.11. The first-order valence-corrected chi connectivity index (χ1v) is 6.79. The van der Waals surface area contributed by atoms with Gasteiger partial charge in [0.05, 0.1) is 19.1 Å². The minimum Gasteiger partial charge on any atom is -0.493 e. The zero-order chi connectivity index (χ0) is 13.8. The van der Waals surface area contributed by atoms with Gasteiger partial charge in [0.15, 0.2) is 0 Å². The zero-order valence-corrected chi connectivity index (χ0v) is 11.2. The Labute approximate surface area is 118 Å². The van der Waals surface area contributed by atoms with Crippen molar-refractivity contribution in [3.8, 4) is 11.8 Å². The van der Waals surface area contributed by atoms with E-state index in [9.17, 15) is 0 Å². The predicted molar refractivity (Wildman–Crippen MR) is 78.7 cm³/mol. The fraction of sp³-hybridized carbons (Fsp3) is 0.235. The number of hydrogen-bond acceptors (Lipinski definition) is 3. The monoisotopic (exact) mass is 264 g/mol. The molecule has 0 spiro atoms. The summed E-state index contributed by atoms with van der Waals surface area (Å²) >= 11 is 0. The summed E-state index contributed by atoms with van der Waals surface area (Å²) < 4.78 is 5.51. The van der Waals surface area contributed by atoms with Gasteiger partial charge in [0.2, 0.25) is 0 Å². The average molecular weight is 264 g/mol. The molecule has 20 heavy (non-hydrogen) atoms. The second kappa shape index (κ2) is 5.66. The molecule has 3 nitrogen and oxygen atoms in total. The Balaban J connectivity index is 1.63. The smallest absolute Gasteiger partial charge is 0.122 e. The van der Waals surface area contributed by atoms with Crippen LogP contribution in [0.2, 0.25) is 0 Å². The Kier molecular flexibility index (Phi) is 3.56. The number of nitrogens with one attached hydrogen (secondary N) is 1. The lowest BCUT2D eigenvalue weighted by atomic mass is 10.1. The van der Waals surface area contributed by atoms with E-state index in [-0.39, 0.29) is 0 Å². The zero-order valence-electron chi connectivity index (χ0n) is 11.2. The Morgan fingerprint density at radius 1 is 1.10 bits per heavy atom. The van der Waals surface area contributed by atoms with Gasteiger partial charge in [-0.15, -0.1) is 0 Å². The van der Waals surface area contributed by atoms with Crippen LogP contribution in [0, 0.1) is 11.3 Å². The molecule has 1 N–H and O–H groups in total. The number of fused-ring (bicyclic) bond motifs is 1. The second-order valence-electron chi connectivity index (χ2n) is 4.93. The van der Waals surface area contributed by atoms with Gasteiger partial charge in [0, 0.05) is 18.7 Å². The molecule has 0 aromatic heterocycles. The summed E-state index contributed by atoms with van der Waals surface area (Å²) in [6.45, 7) is 1.59. The molecule has 0 unspecified atom stereocenters. The van der Waals surface area contributed by atoms with Crippen LogP contribution in [0.3, 0.4) is 0 Å². The SMILES string of the molecule is N#CCc1ccc(NCc2ccc3c(c2)CCO3)cc1. The van der Waals surface area contributed by atoms with E-state index in [2.05, 4.69) is 29.6 Å². The van der Waals surface area contributed by atoms with Gasteiger partial charge in [-0.3, -0.25) is 0 Å². The third-order valence-corrected chi connectivity index (χ3v) is 3.49. The summed E-state index contributed by atoms with van der Waals surface area (Å²) in [5.74, 6) is 1.02. The summed E-state index contributed by atoms with van der Waals surface area (Å²) in [5, 5.41) is 12.0. The molecular weight excluding hydrogens is 248 g/mol. The lowest BCUT2D eigenvalue weighted by Gasteiger charge is -2.08. The van der Waals surface area contributed by atoms with E-state index >= 15 is 0 Å². The number of hydrogen-bond donors (Lipinski definition) is 1. The van der Waals surface area contributed by atoms with E-state index in [1.807, 2.05) is 24.3 Å². The minimum absolute atomic E-state index is 0.463. The number of ether oxygens (including phenoxy) is 1. The van der Waals surface area contributed by atoms with Gasteiger partial charge in [-0.1, -0.05) is 24.3 Å². The van der Waals surface area contributed by atoms with Crippen LogP contribution >= 0.6 is 0 Å². The van der Waals surface area contributed by atoms with E-state index < -0.39 is 0 Å². The summed E-state index contributed by atoms with van der Waals surface area (Å²) in [5.41, 5.74) is 4.68. The molecular formula is C17H16N2O. The van der Waals surface area contributed by atoms with Crippen molar-refractivity contribution in [2.45, 2.75) is 19.4 Å². The topological polar surface area (TPSA) is 45.0 Å². The van der Waals surface area contributed by atoms with Crippen molar-refractivity contribution in [2.24, 2.45) is 0 Å². The molecule has 0 saturated heterocycles. The number of nitrogens with zero attached hydrogens (tertiary/aromatic N) is 1. The van der Waals surface area contributed by atoms with Crippen molar-refractivity contribution in [2.75, 3.05) is 11.9 Å². The molecule has 2 aromatic carbocycles. The summed E-state index contributed by atoms with van der Waals surface area (Å²) in [7, 11) is 0. The molecule has 0 atom stereocenters. The van der Waals surface area contributed by atoms with E-state index in [1.165, 1.54) is 11.1 Å². The minimum atomic E-state index is 0.463. The molecule has 0 saturated carbocycles. The molecule has 2 aromatic rings. The van der Waals surface area contributed by atoms with Crippen LogP contribution in [0.15, 0.2) is 42.5 Å². The Morgan fingerprint density at radius 2 is 1.90 bits per heavy atom. The van der Waals surface area contributed by atoms with Crippen LogP contribution in [0.1, 0.15) is 16.7 Å². The largest absolute Gasteiger partial charge is 0.493 e. The van der Waals surface area contributed by atoms with Crippen LogP contribution in [0.25, 0.3) is 0 Å². The van der Waals surface area contributed by atoms with Gasteiger partial charge in [-0.2, -0.15) is 5.26 Å². The molecule has 1 heterocycles. The van der Waals surface area contributed by atoms with Crippen molar-refractivity contribution in [3.63, 3.8) is 0 Å². The third kappa shape index (κ3) is 2.75. The Hall–Kier alpha value is -2.47. The van der Waals surface area contributed by atoms with Crippen molar-refractivity contribution < 1.29 is 4.74 Å². The van der Waals surface area contributed by atoms with Gasteiger partial charge < -0.3 is 10.1 Å². The first-order chi connectivity index (χ1) is 9.85. The standard InChI is InChI=1S/C17H16N2O/c18-9-7-13-1-4-16(5-2-13)19-12-14-3-6-17-15(11-14)8-10-20-17/h1-6,11,19H,7-8,10,12H2. The van der Waals surface area contributed by atoms with E-state index in [1.54, 1.807) is 0 Å². The predicted octanol–water partition coefficient (Wildman–Crippen LogP) is 3.30. The lowest BCUT2D eigenvalue weighted by molar-refractivity contribution is 0.357. The van der Waals surface area contributed by atoms with Gasteiger partial charge >= 0.3 is 0 Å². The third-order valence-electron chi connectivity index (χ3n) is 3.49. The molecule has 1 aliphatic rings. The summed E-state index contributed by atoms with van der Waals surface area (Å²) in [6, 6.07) is 16.5. The first-order valence-electron chi connectivity index (χ1n) is 6.79. The fourth-order valence-corrected chi connectivity index (χ4v) is 2.39. The van der Waals surface area contributed by atoms with Gasteiger partial charge in [0.25, 0.3) is 0 Å². The molecule has 100 valence electrons. The number of benzene rings is 2. The number of anilines is 1. The number of rotatable bonds is 4. The summed E-state index contributed by atoms with van der Waals surface area (Å²) in [4.78, 5) is 0. The van der Waals surface area contributed by atoms with Gasteiger partial charge in [0.1, 0.15) is 5.75 Å². The highest BCUT2D eigenvalue weighted by Crippen LogP contribution is 2.26.